The average Bonchev–Trinajstić information content (AvgIpc) is 2.87. The maximum absolute atomic E-state index is 13.3. The van der Waals surface area contributed by atoms with Gasteiger partial charge in [-0.3, -0.25) is 4.79 Å². The zero-order chi connectivity index (χ0) is 15.5. The molecule has 1 aromatic heterocycles. The molecule has 0 saturated carbocycles. The zero-order valence-corrected chi connectivity index (χ0v) is 11.4. The number of amides is 1. The molecule has 0 fully saturated rings. The molecule has 0 atom stereocenters. The van der Waals surface area contributed by atoms with Crippen LogP contribution in [0.25, 0.3) is 6.08 Å². The van der Waals surface area contributed by atoms with E-state index in [1.165, 1.54) is 18.4 Å². The number of benzene rings is 1. The van der Waals surface area contributed by atoms with Gasteiger partial charge in [-0.2, -0.15) is 0 Å². The van der Waals surface area contributed by atoms with Gasteiger partial charge in [0.2, 0.25) is 15.9 Å². The first-order valence-electron chi connectivity index (χ1n) is 5.70. The van der Waals surface area contributed by atoms with E-state index in [4.69, 9.17) is 9.56 Å². The van der Waals surface area contributed by atoms with E-state index < -0.39 is 26.6 Å². The van der Waals surface area contributed by atoms with Crippen molar-refractivity contribution in [3.05, 3.63) is 54.2 Å². The van der Waals surface area contributed by atoms with Crippen molar-refractivity contribution in [3.63, 3.8) is 0 Å². The van der Waals surface area contributed by atoms with Gasteiger partial charge < -0.3 is 9.73 Å². The Morgan fingerprint density at radius 2 is 2.10 bits per heavy atom. The van der Waals surface area contributed by atoms with Crippen LogP contribution in [0.1, 0.15) is 5.76 Å². The second-order valence-corrected chi connectivity index (χ2v) is 5.62. The Bertz CT molecular complexity index is 783. The van der Waals surface area contributed by atoms with E-state index in [1.54, 1.807) is 12.1 Å². The van der Waals surface area contributed by atoms with Gasteiger partial charge in [0.25, 0.3) is 0 Å². The van der Waals surface area contributed by atoms with Crippen molar-refractivity contribution in [2.45, 2.75) is 4.90 Å². The molecule has 1 heterocycles. The Kier molecular flexibility index (Phi) is 4.20. The van der Waals surface area contributed by atoms with Gasteiger partial charge in [-0.1, -0.05) is 0 Å². The number of hydrogen-bond donors (Lipinski definition) is 2. The van der Waals surface area contributed by atoms with Crippen molar-refractivity contribution in [3.8, 4) is 0 Å². The fourth-order valence-electron chi connectivity index (χ4n) is 1.53. The summed E-state index contributed by atoms with van der Waals surface area (Å²) in [5.41, 5.74) is -0.0203. The number of nitrogens with two attached hydrogens (primary N) is 1. The van der Waals surface area contributed by atoms with Crippen molar-refractivity contribution in [1.29, 1.82) is 0 Å². The summed E-state index contributed by atoms with van der Waals surface area (Å²) < 4.78 is 40.7. The second kappa shape index (κ2) is 5.90. The normalized spacial score (nSPS) is 11.7. The minimum atomic E-state index is -4.06. The van der Waals surface area contributed by atoms with E-state index in [-0.39, 0.29) is 5.69 Å². The Morgan fingerprint density at radius 3 is 2.71 bits per heavy atom. The molecule has 2 rings (SSSR count). The fourth-order valence-corrected chi connectivity index (χ4v) is 2.10. The van der Waals surface area contributed by atoms with Crippen molar-refractivity contribution in [2.75, 3.05) is 5.32 Å². The van der Waals surface area contributed by atoms with Crippen LogP contribution in [-0.2, 0) is 14.8 Å². The van der Waals surface area contributed by atoms with E-state index in [0.29, 0.717) is 5.76 Å². The van der Waals surface area contributed by atoms with E-state index >= 15 is 0 Å². The third-order valence-electron chi connectivity index (χ3n) is 2.41. The molecular weight excluding hydrogens is 299 g/mol. The molecule has 0 aliphatic carbocycles. The van der Waals surface area contributed by atoms with Gasteiger partial charge in [-0.15, -0.1) is 0 Å². The van der Waals surface area contributed by atoms with Crippen LogP contribution in [0.5, 0.6) is 0 Å². The molecule has 0 radical (unpaired) electrons. The predicted molar refractivity (Wildman–Crippen MR) is 74.1 cm³/mol. The number of rotatable bonds is 4. The summed E-state index contributed by atoms with van der Waals surface area (Å²) in [6.45, 7) is 0. The highest BCUT2D eigenvalue weighted by atomic mass is 32.2. The molecule has 6 nitrogen and oxygen atoms in total. The maximum Gasteiger partial charge on any atom is 0.248 e. The monoisotopic (exact) mass is 310 g/mol. The lowest BCUT2D eigenvalue weighted by Gasteiger charge is -2.05. The molecule has 1 aromatic carbocycles. The van der Waals surface area contributed by atoms with Gasteiger partial charge in [-0.05, 0) is 36.4 Å². The van der Waals surface area contributed by atoms with Crippen LogP contribution in [0.4, 0.5) is 10.1 Å². The standard InChI is InChI=1S/C13H11FN2O4S/c14-9-6-10(8-12(7-9)21(15,18)19)16-13(17)4-3-11-2-1-5-20-11/h1-8H,(H,16,17)(H2,15,18,19)/b4-3+. The van der Waals surface area contributed by atoms with Crippen molar-refractivity contribution >= 4 is 27.7 Å². The molecule has 0 spiro atoms. The van der Waals surface area contributed by atoms with Gasteiger partial charge >= 0.3 is 0 Å². The number of hydrogen-bond acceptors (Lipinski definition) is 4. The van der Waals surface area contributed by atoms with Crippen LogP contribution in [0, 0.1) is 5.82 Å². The molecule has 0 bridgehead atoms. The lowest BCUT2D eigenvalue weighted by atomic mass is 10.3. The molecule has 1 amide bonds. The molecule has 3 N–H and O–H groups in total. The number of furan rings is 1. The predicted octanol–water partition coefficient (Wildman–Crippen LogP) is 1.72. The largest absolute Gasteiger partial charge is 0.465 e. The first-order valence-corrected chi connectivity index (χ1v) is 7.25. The summed E-state index contributed by atoms with van der Waals surface area (Å²) in [5.74, 6) is -0.932. The summed E-state index contributed by atoms with van der Waals surface area (Å²) in [7, 11) is -4.06. The van der Waals surface area contributed by atoms with Crippen molar-refractivity contribution < 1.29 is 22.0 Å². The first kappa shape index (κ1) is 14.9. The summed E-state index contributed by atoms with van der Waals surface area (Å²) >= 11 is 0. The van der Waals surface area contributed by atoms with E-state index in [2.05, 4.69) is 5.32 Å². The van der Waals surface area contributed by atoms with Crippen molar-refractivity contribution in [2.24, 2.45) is 5.14 Å². The van der Waals surface area contributed by atoms with Gasteiger partial charge in [0.15, 0.2) is 0 Å². The topological polar surface area (TPSA) is 102 Å². The van der Waals surface area contributed by atoms with Crippen molar-refractivity contribution in [1.82, 2.24) is 0 Å². The Balaban J connectivity index is 2.16. The van der Waals surface area contributed by atoms with E-state index in [1.807, 2.05) is 0 Å². The molecule has 8 heteroatoms. The molecule has 0 saturated heterocycles. The fraction of sp³-hybridized carbons (Fsp3) is 0. The smallest absolute Gasteiger partial charge is 0.248 e. The summed E-state index contributed by atoms with van der Waals surface area (Å²) in [6.07, 6.45) is 4.03. The SMILES string of the molecule is NS(=O)(=O)c1cc(F)cc(NC(=O)/C=C/c2ccco2)c1. The van der Waals surface area contributed by atoms with Gasteiger partial charge in [0.05, 0.1) is 11.2 Å². The highest BCUT2D eigenvalue weighted by Gasteiger charge is 2.11. The first-order chi connectivity index (χ1) is 9.84. The van der Waals surface area contributed by atoms with Crippen LogP contribution in [-0.4, -0.2) is 14.3 Å². The average molecular weight is 310 g/mol. The molecule has 0 unspecified atom stereocenters. The zero-order valence-electron chi connectivity index (χ0n) is 10.6. The number of carbonyl (C=O) groups is 1. The number of nitrogens with one attached hydrogen (secondary N) is 1. The molecule has 2 aromatic rings. The number of primary sulfonamides is 1. The molecule has 0 aliphatic heterocycles. The summed E-state index contributed by atoms with van der Waals surface area (Å²) in [4.78, 5) is 11.2. The van der Waals surface area contributed by atoms with Crippen LogP contribution in [0.15, 0.2) is 52.0 Å². The molecule has 21 heavy (non-hydrogen) atoms. The molecular formula is C13H11FN2O4S. The van der Waals surface area contributed by atoms with E-state index in [0.717, 1.165) is 18.2 Å². The minimum absolute atomic E-state index is 0.0203. The van der Waals surface area contributed by atoms with Crippen LogP contribution in [0.2, 0.25) is 0 Å². The molecule has 110 valence electrons. The quantitative estimate of drug-likeness (QED) is 0.839. The van der Waals surface area contributed by atoms with Gasteiger partial charge in [-0.25, -0.2) is 17.9 Å². The lowest BCUT2D eigenvalue weighted by Crippen LogP contribution is -2.14. The Morgan fingerprint density at radius 1 is 1.33 bits per heavy atom. The number of halogens is 1. The lowest BCUT2D eigenvalue weighted by molar-refractivity contribution is -0.111. The number of anilines is 1. The summed E-state index contributed by atoms with van der Waals surface area (Å²) in [6, 6.07) is 6.11. The maximum atomic E-state index is 13.3. The van der Waals surface area contributed by atoms with Crippen LogP contribution in [0.3, 0.4) is 0 Å². The highest BCUT2D eigenvalue weighted by Crippen LogP contribution is 2.17. The van der Waals surface area contributed by atoms with E-state index in [9.17, 15) is 17.6 Å². The highest BCUT2D eigenvalue weighted by molar-refractivity contribution is 7.89. The number of sulfonamides is 1. The molecule has 0 aliphatic rings. The van der Waals surface area contributed by atoms with Crippen LogP contribution >= 0.6 is 0 Å². The minimum Gasteiger partial charge on any atom is -0.465 e. The summed E-state index contributed by atoms with van der Waals surface area (Å²) in [5, 5.41) is 7.24. The Hall–Kier alpha value is -2.45. The Labute approximate surface area is 120 Å². The number of carbonyl (C=O) groups excluding carboxylic acids is 1. The van der Waals surface area contributed by atoms with Gasteiger partial charge in [0.1, 0.15) is 11.6 Å². The second-order valence-electron chi connectivity index (χ2n) is 4.06. The third kappa shape index (κ3) is 4.26. The van der Waals surface area contributed by atoms with Crippen LogP contribution < -0.4 is 10.5 Å². The van der Waals surface area contributed by atoms with Gasteiger partial charge in [0, 0.05) is 11.8 Å². The third-order valence-corrected chi connectivity index (χ3v) is 3.30.